The van der Waals surface area contributed by atoms with Gasteiger partial charge in [-0.1, -0.05) is 11.6 Å². The third kappa shape index (κ3) is 4.80. The Balaban J connectivity index is 1.29. The minimum absolute atomic E-state index is 0.0992. The number of halogens is 2. The number of nitrogens with zero attached hydrogens (tertiary/aromatic N) is 1. The Morgan fingerprint density at radius 2 is 2.00 bits per heavy atom. The van der Waals surface area contributed by atoms with Gasteiger partial charge in [0.05, 0.1) is 4.90 Å². The maximum atomic E-state index is 13.5. The zero-order valence-corrected chi connectivity index (χ0v) is 17.4. The number of hydrogen-bond donors (Lipinski definition) is 2. The van der Waals surface area contributed by atoms with E-state index in [0.29, 0.717) is 11.6 Å². The molecule has 1 atom stereocenters. The van der Waals surface area contributed by atoms with E-state index in [1.165, 1.54) is 18.2 Å². The van der Waals surface area contributed by atoms with Gasteiger partial charge in [-0.2, -0.15) is 0 Å². The number of benzene rings is 2. The van der Waals surface area contributed by atoms with Crippen molar-refractivity contribution in [2.45, 2.75) is 30.2 Å². The summed E-state index contributed by atoms with van der Waals surface area (Å²) in [4.78, 5) is 5.68. The number of sulfonamides is 1. The van der Waals surface area contributed by atoms with Crippen molar-refractivity contribution in [1.82, 2.24) is 14.6 Å². The maximum Gasteiger partial charge on any atom is 0.240 e. The van der Waals surface area contributed by atoms with Crippen LogP contribution in [0, 0.1) is 5.82 Å². The van der Waals surface area contributed by atoms with Crippen molar-refractivity contribution in [3.63, 3.8) is 0 Å². The van der Waals surface area contributed by atoms with E-state index in [1.54, 1.807) is 24.3 Å². The molecule has 0 radical (unpaired) electrons. The molecule has 1 aliphatic rings. The van der Waals surface area contributed by atoms with E-state index in [9.17, 15) is 12.8 Å². The highest BCUT2D eigenvalue weighted by Gasteiger charge is 2.27. The molecule has 0 amide bonds. The van der Waals surface area contributed by atoms with Crippen molar-refractivity contribution >= 4 is 32.5 Å². The minimum Gasteiger partial charge on any atom is -0.361 e. The Kier molecular flexibility index (Phi) is 5.92. The van der Waals surface area contributed by atoms with E-state index >= 15 is 0 Å². The minimum atomic E-state index is -3.54. The third-order valence-corrected chi connectivity index (χ3v) is 7.16. The molecule has 1 aromatic heterocycles. The number of aryl methyl sites for hydroxylation is 1. The highest BCUT2D eigenvalue weighted by molar-refractivity contribution is 7.89. The molecule has 1 fully saturated rings. The van der Waals surface area contributed by atoms with Crippen LogP contribution in [0.25, 0.3) is 10.9 Å². The SMILES string of the molecule is O=S(=O)(NC1CCN(CCCc2c[nH]c3ccc(F)cc23)C1)c1ccc(Cl)cc1. The molecule has 0 bridgehead atoms. The third-order valence-electron chi connectivity index (χ3n) is 5.37. The van der Waals surface area contributed by atoms with E-state index < -0.39 is 10.0 Å². The van der Waals surface area contributed by atoms with Gasteiger partial charge < -0.3 is 9.88 Å². The van der Waals surface area contributed by atoms with Gasteiger partial charge in [0.1, 0.15) is 5.82 Å². The first-order valence-electron chi connectivity index (χ1n) is 9.66. The largest absolute Gasteiger partial charge is 0.361 e. The molecule has 0 spiro atoms. The second-order valence-corrected chi connectivity index (χ2v) is 9.62. The predicted molar refractivity (Wildman–Crippen MR) is 113 cm³/mol. The zero-order chi connectivity index (χ0) is 20.4. The molecule has 0 saturated carbocycles. The fourth-order valence-corrected chi connectivity index (χ4v) is 5.27. The first-order chi connectivity index (χ1) is 13.9. The molecule has 4 rings (SSSR count). The van der Waals surface area contributed by atoms with E-state index in [1.807, 2.05) is 6.20 Å². The van der Waals surface area contributed by atoms with Gasteiger partial charge in [0.15, 0.2) is 0 Å². The summed E-state index contributed by atoms with van der Waals surface area (Å²) in [6.45, 7) is 2.42. The number of likely N-dealkylation sites (tertiary alicyclic amines) is 1. The highest BCUT2D eigenvalue weighted by atomic mass is 35.5. The summed E-state index contributed by atoms with van der Waals surface area (Å²) in [5.41, 5.74) is 2.05. The van der Waals surface area contributed by atoms with Gasteiger partial charge in [0, 0.05) is 34.7 Å². The molecule has 8 heteroatoms. The van der Waals surface area contributed by atoms with Gasteiger partial charge >= 0.3 is 0 Å². The highest BCUT2D eigenvalue weighted by Crippen LogP contribution is 2.21. The number of aromatic amines is 1. The molecule has 1 unspecified atom stereocenters. The lowest BCUT2D eigenvalue weighted by Gasteiger charge is -2.16. The molecule has 154 valence electrons. The zero-order valence-electron chi connectivity index (χ0n) is 15.9. The van der Waals surface area contributed by atoms with Crippen LogP contribution < -0.4 is 4.72 Å². The maximum absolute atomic E-state index is 13.5. The van der Waals surface area contributed by atoms with Crippen LogP contribution in [0.1, 0.15) is 18.4 Å². The Morgan fingerprint density at radius 3 is 2.79 bits per heavy atom. The van der Waals surface area contributed by atoms with Gasteiger partial charge in [-0.05, 0) is 80.4 Å². The predicted octanol–water partition coefficient (Wildman–Crippen LogP) is 3.95. The fraction of sp³-hybridized carbons (Fsp3) is 0.333. The fourth-order valence-electron chi connectivity index (χ4n) is 3.88. The molecule has 2 aromatic carbocycles. The van der Waals surface area contributed by atoms with E-state index in [2.05, 4.69) is 14.6 Å². The van der Waals surface area contributed by atoms with Crippen molar-refractivity contribution < 1.29 is 12.8 Å². The van der Waals surface area contributed by atoms with Crippen molar-refractivity contribution in [1.29, 1.82) is 0 Å². The van der Waals surface area contributed by atoms with Crippen LogP contribution in [-0.2, 0) is 16.4 Å². The topological polar surface area (TPSA) is 65.2 Å². The smallest absolute Gasteiger partial charge is 0.240 e. The molecule has 29 heavy (non-hydrogen) atoms. The standard InChI is InChI=1S/C21H23ClFN3O2S/c22-16-3-6-19(7-4-16)29(27,28)25-18-9-11-26(14-18)10-1-2-15-13-24-21-8-5-17(23)12-20(15)21/h3-8,12-13,18,24-25H,1-2,9-11,14H2. The lowest BCUT2D eigenvalue weighted by Crippen LogP contribution is -2.37. The van der Waals surface area contributed by atoms with Crippen LogP contribution in [0.5, 0.6) is 0 Å². The lowest BCUT2D eigenvalue weighted by molar-refractivity contribution is 0.327. The van der Waals surface area contributed by atoms with Crippen LogP contribution >= 0.6 is 11.6 Å². The molecule has 1 saturated heterocycles. The Labute approximate surface area is 174 Å². The van der Waals surface area contributed by atoms with Gasteiger partial charge in [0.25, 0.3) is 0 Å². The number of nitrogens with one attached hydrogen (secondary N) is 2. The molecule has 5 nitrogen and oxygen atoms in total. The first kappa shape index (κ1) is 20.3. The molecule has 2 N–H and O–H groups in total. The second-order valence-electron chi connectivity index (χ2n) is 7.47. The van der Waals surface area contributed by atoms with Crippen LogP contribution in [0.3, 0.4) is 0 Å². The van der Waals surface area contributed by atoms with Crippen molar-refractivity contribution in [2.75, 3.05) is 19.6 Å². The normalized spacial score (nSPS) is 17.9. The van der Waals surface area contributed by atoms with E-state index in [-0.39, 0.29) is 16.8 Å². The number of H-pyrrole nitrogens is 1. The summed E-state index contributed by atoms with van der Waals surface area (Å²) < 4.78 is 41.3. The Hall–Kier alpha value is -1.93. The van der Waals surface area contributed by atoms with Crippen LogP contribution in [0.2, 0.25) is 5.02 Å². The molecular formula is C21H23ClFN3O2S. The monoisotopic (exact) mass is 435 g/mol. The van der Waals surface area contributed by atoms with Crippen molar-refractivity contribution in [3.8, 4) is 0 Å². The van der Waals surface area contributed by atoms with E-state index in [0.717, 1.165) is 48.8 Å². The van der Waals surface area contributed by atoms with Gasteiger partial charge in [-0.3, -0.25) is 0 Å². The summed E-state index contributed by atoms with van der Waals surface area (Å²) in [6, 6.07) is 10.9. The Bertz CT molecular complexity index is 1100. The summed E-state index contributed by atoms with van der Waals surface area (Å²) in [7, 11) is -3.54. The summed E-state index contributed by atoms with van der Waals surface area (Å²) >= 11 is 5.83. The first-order valence-corrected chi connectivity index (χ1v) is 11.5. The van der Waals surface area contributed by atoms with Crippen LogP contribution in [0.4, 0.5) is 4.39 Å². The number of fused-ring (bicyclic) bond motifs is 1. The summed E-state index contributed by atoms with van der Waals surface area (Å²) in [5, 5.41) is 1.44. The van der Waals surface area contributed by atoms with Crippen molar-refractivity contribution in [2.24, 2.45) is 0 Å². The summed E-state index contributed by atoms with van der Waals surface area (Å²) in [6.07, 6.45) is 4.50. The molecular weight excluding hydrogens is 413 g/mol. The number of rotatable bonds is 7. The average molecular weight is 436 g/mol. The van der Waals surface area contributed by atoms with Gasteiger partial charge in [-0.15, -0.1) is 0 Å². The molecule has 2 heterocycles. The van der Waals surface area contributed by atoms with Crippen molar-refractivity contribution in [3.05, 3.63) is 65.1 Å². The average Bonchev–Trinajstić information content (AvgIpc) is 3.28. The number of aromatic nitrogens is 1. The Morgan fingerprint density at radius 1 is 1.21 bits per heavy atom. The van der Waals surface area contributed by atoms with Crippen LogP contribution in [-0.4, -0.2) is 44.0 Å². The van der Waals surface area contributed by atoms with Gasteiger partial charge in [0.2, 0.25) is 10.0 Å². The van der Waals surface area contributed by atoms with E-state index in [4.69, 9.17) is 11.6 Å². The van der Waals surface area contributed by atoms with Gasteiger partial charge in [-0.25, -0.2) is 17.5 Å². The number of hydrogen-bond acceptors (Lipinski definition) is 3. The molecule has 3 aromatic rings. The quantitative estimate of drug-likeness (QED) is 0.590. The van der Waals surface area contributed by atoms with Crippen LogP contribution in [0.15, 0.2) is 53.6 Å². The lowest BCUT2D eigenvalue weighted by atomic mass is 10.1. The second kappa shape index (κ2) is 8.44. The molecule has 1 aliphatic heterocycles. The molecule has 0 aliphatic carbocycles. The summed E-state index contributed by atoms with van der Waals surface area (Å²) in [5.74, 6) is -0.228.